The molecule has 1 rings (SSSR count). The summed E-state index contributed by atoms with van der Waals surface area (Å²) in [5, 5.41) is -0.00526. The minimum absolute atomic E-state index is 0.00526. The number of methoxy groups -OCH3 is 1. The molecule has 0 bridgehead atoms. The van der Waals surface area contributed by atoms with Gasteiger partial charge in [0, 0.05) is 4.47 Å². The normalized spacial score (nSPS) is 13.6. The van der Waals surface area contributed by atoms with Crippen LogP contribution in [0.2, 0.25) is 18.1 Å². The molecule has 0 aliphatic rings. The van der Waals surface area contributed by atoms with Gasteiger partial charge in [0.2, 0.25) is 6.10 Å². The second kappa shape index (κ2) is 7.77. The van der Waals surface area contributed by atoms with E-state index in [1.54, 1.807) is 6.07 Å². The van der Waals surface area contributed by atoms with E-state index in [2.05, 4.69) is 49.8 Å². The Balaban J connectivity index is 2.90. The van der Waals surface area contributed by atoms with Crippen molar-refractivity contribution in [2.75, 3.05) is 13.7 Å². The number of halogens is 2. The Bertz CT molecular complexity index is 558. The highest BCUT2D eigenvalue weighted by atomic mass is 79.9. The van der Waals surface area contributed by atoms with Crippen LogP contribution in [0.5, 0.6) is 5.75 Å². The van der Waals surface area contributed by atoms with Crippen molar-refractivity contribution in [2.45, 2.75) is 45.0 Å². The van der Waals surface area contributed by atoms with Crippen molar-refractivity contribution in [2.24, 2.45) is 0 Å². The fourth-order valence-electron chi connectivity index (χ4n) is 1.50. The van der Waals surface area contributed by atoms with Crippen molar-refractivity contribution >= 4 is 30.2 Å². The predicted octanol–water partition coefficient (Wildman–Crippen LogP) is 4.53. The number of esters is 1. The highest BCUT2D eigenvalue weighted by Crippen LogP contribution is 2.36. The molecule has 7 heteroatoms. The maximum Gasteiger partial charge on any atom is 0.349 e. The van der Waals surface area contributed by atoms with Gasteiger partial charge in [-0.05, 0) is 36.3 Å². The van der Waals surface area contributed by atoms with Crippen LogP contribution >= 0.6 is 15.9 Å². The molecular weight excluding hydrogens is 383 g/mol. The number of carbonyl (C=O) groups excluding carboxylic acids is 1. The fourth-order valence-corrected chi connectivity index (χ4v) is 2.84. The van der Waals surface area contributed by atoms with E-state index in [4.69, 9.17) is 13.9 Å². The number of carbonyl (C=O) groups is 1. The summed E-state index contributed by atoms with van der Waals surface area (Å²) >= 11 is 3.25. The van der Waals surface area contributed by atoms with Crippen LogP contribution in [0.1, 0.15) is 20.8 Å². The van der Waals surface area contributed by atoms with Gasteiger partial charge in [-0.15, -0.1) is 0 Å². The van der Waals surface area contributed by atoms with E-state index in [1.165, 1.54) is 19.2 Å². The maximum absolute atomic E-state index is 13.8. The molecule has 0 fully saturated rings. The van der Waals surface area contributed by atoms with E-state index in [0.717, 1.165) is 0 Å². The average molecular weight is 407 g/mol. The predicted molar refractivity (Wildman–Crippen MR) is 93.7 cm³/mol. The fraction of sp³-hybridized carbons (Fsp3) is 0.562. The Morgan fingerprint density at radius 2 is 1.96 bits per heavy atom. The van der Waals surface area contributed by atoms with E-state index in [-0.39, 0.29) is 17.4 Å². The number of rotatable bonds is 6. The van der Waals surface area contributed by atoms with Gasteiger partial charge in [0.25, 0.3) is 0 Å². The Labute approximate surface area is 146 Å². The third-order valence-corrected chi connectivity index (χ3v) is 9.02. The van der Waals surface area contributed by atoms with E-state index in [9.17, 15) is 9.18 Å². The Morgan fingerprint density at radius 1 is 1.35 bits per heavy atom. The van der Waals surface area contributed by atoms with Gasteiger partial charge in [0.15, 0.2) is 19.9 Å². The highest BCUT2D eigenvalue weighted by molar-refractivity contribution is 9.10. The molecule has 0 aliphatic carbocycles. The van der Waals surface area contributed by atoms with Crippen molar-refractivity contribution in [3.63, 3.8) is 0 Å². The Hall–Kier alpha value is -0.923. The van der Waals surface area contributed by atoms with Gasteiger partial charge in [-0.3, -0.25) is 0 Å². The molecule has 1 aromatic rings. The molecule has 0 saturated heterocycles. The van der Waals surface area contributed by atoms with Crippen LogP contribution < -0.4 is 4.74 Å². The summed E-state index contributed by atoms with van der Waals surface area (Å²) in [6.45, 7) is 10.5. The van der Waals surface area contributed by atoms with Gasteiger partial charge in [0.05, 0.1) is 13.7 Å². The minimum Gasteiger partial charge on any atom is -0.473 e. The van der Waals surface area contributed by atoms with Crippen LogP contribution in [0.15, 0.2) is 22.7 Å². The zero-order chi connectivity index (χ0) is 17.8. The second-order valence-electron chi connectivity index (χ2n) is 6.78. The van der Waals surface area contributed by atoms with Gasteiger partial charge in [-0.1, -0.05) is 36.7 Å². The third kappa shape index (κ3) is 5.58. The quantitative estimate of drug-likeness (QED) is 0.514. The molecule has 0 radical (unpaired) electrons. The smallest absolute Gasteiger partial charge is 0.349 e. The molecule has 0 saturated carbocycles. The van der Waals surface area contributed by atoms with Gasteiger partial charge in [-0.25, -0.2) is 9.18 Å². The standard InChI is InChI=1S/C16H24BrFO4Si/c1-16(2,3)23(5,6)21-10-14(15(19)20-4)22-13-9-11(17)7-8-12(13)18/h7-9,14H,10H2,1-6H3. The average Bonchev–Trinajstić information content (AvgIpc) is 2.44. The zero-order valence-corrected chi connectivity index (χ0v) is 17.0. The molecule has 0 heterocycles. The molecule has 130 valence electrons. The van der Waals surface area contributed by atoms with Crippen molar-refractivity contribution < 1.29 is 23.1 Å². The van der Waals surface area contributed by atoms with Crippen LogP contribution in [0.4, 0.5) is 4.39 Å². The minimum atomic E-state index is -2.06. The van der Waals surface area contributed by atoms with Gasteiger partial charge in [0.1, 0.15) is 0 Å². The van der Waals surface area contributed by atoms with Crippen molar-refractivity contribution in [1.29, 1.82) is 0 Å². The highest BCUT2D eigenvalue weighted by Gasteiger charge is 2.38. The molecule has 1 unspecified atom stereocenters. The molecule has 0 aromatic heterocycles. The lowest BCUT2D eigenvalue weighted by molar-refractivity contribution is -0.150. The first-order valence-electron chi connectivity index (χ1n) is 7.31. The van der Waals surface area contributed by atoms with Crippen LogP contribution in [0.3, 0.4) is 0 Å². The maximum atomic E-state index is 13.8. The first kappa shape index (κ1) is 20.1. The second-order valence-corrected chi connectivity index (χ2v) is 12.5. The van der Waals surface area contributed by atoms with E-state index < -0.39 is 26.2 Å². The molecule has 23 heavy (non-hydrogen) atoms. The van der Waals surface area contributed by atoms with Crippen LogP contribution in [-0.4, -0.2) is 34.1 Å². The topological polar surface area (TPSA) is 44.8 Å². The lowest BCUT2D eigenvalue weighted by atomic mass is 10.2. The molecule has 0 N–H and O–H groups in total. The van der Waals surface area contributed by atoms with E-state index in [0.29, 0.717) is 4.47 Å². The SMILES string of the molecule is COC(=O)C(CO[Si](C)(C)C(C)(C)C)Oc1cc(Br)ccc1F. The summed E-state index contributed by atoms with van der Waals surface area (Å²) < 4.78 is 30.7. The number of benzene rings is 1. The Kier molecular flexibility index (Phi) is 6.79. The molecular formula is C16H24BrFO4Si. The van der Waals surface area contributed by atoms with Gasteiger partial charge < -0.3 is 13.9 Å². The third-order valence-electron chi connectivity index (χ3n) is 4.03. The first-order valence-corrected chi connectivity index (χ1v) is 11.0. The lowest BCUT2D eigenvalue weighted by Crippen LogP contribution is -2.45. The lowest BCUT2D eigenvalue weighted by Gasteiger charge is -2.36. The van der Waals surface area contributed by atoms with Crippen molar-refractivity contribution in [1.82, 2.24) is 0 Å². The number of hydrogen-bond acceptors (Lipinski definition) is 4. The molecule has 1 aromatic carbocycles. The summed E-state index contributed by atoms with van der Waals surface area (Å²) in [4.78, 5) is 11.9. The summed E-state index contributed by atoms with van der Waals surface area (Å²) in [5.41, 5.74) is 0. The van der Waals surface area contributed by atoms with E-state index in [1.807, 2.05) is 0 Å². The van der Waals surface area contributed by atoms with E-state index >= 15 is 0 Å². The van der Waals surface area contributed by atoms with Crippen molar-refractivity contribution in [3.8, 4) is 5.75 Å². The number of ether oxygens (including phenoxy) is 2. The van der Waals surface area contributed by atoms with Crippen LogP contribution in [0.25, 0.3) is 0 Å². The number of hydrogen-bond donors (Lipinski definition) is 0. The van der Waals surface area contributed by atoms with Crippen LogP contribution in [0, 0.1) is 5.82 Å². The molecule has 0 amide bonds. The zero-order valence-electron chi connectivity index (χ0n) is 14.4. The first-order chi connectivity index (χ1) is 10.5. The molecule has 0 aliphatic heterocycles. The molecule has 4 nitrogen and oxygen atoms in total. The summed E-state index contributed by atoms with van der Waals surface area (Å²) in [6.07, 6.45) is -1.02. The summed E-state index contributed by atoms with van der Waals surface area (Å²) in [6, 6.07) is 4.29. The van der Waals surface area contributed by atoms with Crippen molar-refractivity contribution in [3.05, 3.63) is 28.5 Å². The summed E-state index contributed by atoms with van der Waals surface area (Å²) in [7, 11) is -0.793. The monoisotopic (exact) mass is 406 g/mol. The summed E-state index contributed by atoms with van der Waals surface area (Å²) in [5.74, 6) is -1.16. The van der Waals surface area contributed by atoms with Crippen LogP contribution in [-0.2, 0) is 14.0 Å². The van der Waals surface area contributed by atoms with Gasteiger partial charge >= 0.3 is 5.97 Å². The molecule has 0 spiro atoms. The Morgan fingerprint density at radius 3 is 2.48 bits per heavy atom. The largest absolute Gasteiger partial charge is 0.473 e. The molecule has 1 atom stereocenters. The van der Waals surface area contributed by atoms with Gasteiger partial charge in [-0.2, -0.15) is 0 Å².